The third kappa shape index (κ3) is 2.86. The van der Waals surface area contributed by atoms with Crippen molar-refractivity contribution in [3.63, 3.8) is 0 Å². The first kappa shape index (κ1) is 16.4. The molecule has 8 heteroatoms. The maximum atomic E-state index is 11.2. The zero-order valence-electron chi connectivity index (χ0n) is 14.4. The van der Waals surface area contributed by atoms with Crippen molar-refractivity contribution in [3.05, 3.63) is 24.3 Å². The van der Waals surface area contributed by atoms with Crippen LogP contribution in [0.1, 0.15) is 44.0 Å². The van der Waals surface area contributed by atoms with Gasteiger partial charge in [0.05, 0.1) is 24.3 Å². The monoisotopic (exact) mass is 351 g/mol. The molecule has 1 fully saturated rings. The summed E-state index contributed by atoms with van der Waals surface area (Å²) in [4.78, 5) is 23.5. The molecule has 2 amide bonds. The number of aromatic nitrogens is 4. The van der Waals surface area contributed by atoms with E-state index in [-0.39, 0.29) is 6.54 Å². The largest absolute Gasteiger partial charge is 0.352 e. The summed E-state index contributed by atoms with van der Waals surface area (Å²) in [6.07, 6.45) is 8.31. The van der Waals surface area contributed by atoms with Gasteiger partial charge in [-0.3, -0.25) is 0 Å². The molecule has 8 nitrogen and oxygen atoms in total. The molecule has 4 rings (SSSR count). The summed E-state index contributed by atoms with van der Waals surface area (Å²) >= 11 is 0. The van der Waals surface area contributed by atoms with E-state index in [0.717, 1.165) is 53.6 Å². The van der Waals surface area contributed by atoms with Crippen molar-refractivity contribution in [1.29, 1.82) is 5.26 Å². The highest BCUT2D eigenvalue weighted by Gasteiger charge is 2.26. The van der Waals surface area contributed by atoms with Crippen LogP contribution in [0.5, 0.6) is 0 Å². The number of nitrogens with two attached hydrogens (primary N) is 1. The highest BCUT2D eigenvalue weighted by Crippen LogP contribution is 2.37. The number of hydrogen-bond donors (Lipinski definition) is 3. The zero-order chi connectivity index (χ0) is 18.1. The van der Waals surface area contributed by atoms with Crippen molar-refractivity contribution in [3.8, 4) is 6.07 Å². The van der Waals surface area contributed by atoms with Gasteiger partial charge >= 0.3 is 6.03 Å². The molecule has 0 radical (unpaired) electrons. The number of pyridine rings is 1. The molecular weight excluding hydrogens is 330 g/mol. The smallest absolute Gasteiger partial charge is 0.312 e. The Bertz CT molecular complexity index is 988. The van der Waals surface area contributed by atoms with Crippen LogP contribution in [0, 0.1) is 17.2 Å². The van der Waals surface area contributed by atoms with Crippen LogP contribution < -0.4 is 11.1 Å². The normalized spacial score (nSPS) is 20.3. The minimum atomic E-state index is -0.564. The van der Waals surface area contributed by atoms with E-state index in [1.54, 1.807) is 6.20 Å². The summed E-state index contributed by atoms with van der Waals surface area (Å²) in [6.45, 7) is 0.286. The number of primary amides is 1. The van der Waals surface area contributed by atoms with Crippen LogP contribution in [0.3, 0.4) is 0 Å². The van der Waals surface area contributed by atoms with Gasteiger partial charge in [-0.1, -0.05) is 0 Å². The van der Waals surface area contributed by atoms with Gasteiger partial charge in [-0.15, -0.1) is 0 Å². The number of imidazole rings is 1. The molecular formula is C18H21N7O. The predicted molar refractivity (Wildman–Crippen MR) is 97.0 cm³/mol. The van der Waals surface area contributed by atoms with Gasteiger partial charge < -0.3 is 20.6 Å². The van der Waals surface area contributed by atoms with Gasteiger partial charge in [0.2, 0.25) is 0 Å². The van der Waals surface area contributed by atoms with Gasteiger partial charge in [0.1, 0.15) is 17.0 Å². The molecule has 1 saturated carbocycles. The molecule has 0 saturated heterocycles. The van der Waals surface area contributed by atoms with Gasteiger partial charge in [0.15, 0.2) is 0 Å². The van der Waals surface area contributed by atoms with E-state index in [0.29, 0.717) is 18.4 Å². The van der Waals surface area contributed by atoms with Crippen LogP contribution in [-0.2, 0) is 6.54 Å². The first-order chi connectivity index (χ1) is 12.7. The molecule has 3 aromatic heterocycles. The van der Waals surface area contributed by atoms with Crippen molar-refractivity contribution < 1.29 is 4.79 Å². The molecule has 26 heavy (non-hydrogen) atoms. The van der Waals surface area contributed by atoms with Crippen molar-refractivity contribution in [1.82, 2.24) is 24.8 Å². The molecule has 0 unspecified atom stereocenters. The number of nitrogens with one attached hydrogen (secondary N) is 2. The Balaban J connectivity index is 1.77. The fourth-order valence-corrected chi connectivity index (χ4v) is 4.06. The number of fused-ring (bicyclic) bond motifs is 3. The molecule has 1 aliphatic rings. The van der Waals surface area contributed by atoms with Crippen molar-refractivity contribution in [2.75, 3.05) is 0 Å². The molecule has 0 atom stereocenters. The van der Waals surface area contributed by atoms with E-state index in [9.17, 15) is 4.79 Å². The predicted octanol–water partition coefficient (Wildman–Crippen LogP) is 2.73. The van der Waals surface area contributed by atoms with Crippen molar-refractivity contribution >= 4 is 28.1 Å². The lowest BCUT2D eigenvalue weighted by Crippen LogP contribution is -2.30. The third-order valence-corrected chi connectivity index (χ3v) is 5.29. The van der Waals surface area contributed by atoms with E-state index in [4.69, 9.17) is 16.0 Å². The number of hydrogen-bond acceptors (Lipinski definition) is 4. The van der Waals surface area contributed by atoms with Crippen molar-refractivity contribution in [2.45, 2.75) is 44.7 Å². The maximum absolute atomic E-state index is 11.2. The molecule has 3 aromatic rings. The Morgan fingerprint density at radius 2 is 2.23 bits per heavy atom. The van der Waals surface area contributed by atoms with Gasteiger partial charge in [-0.25, -0.2) is 14.8 Å². The number of nitrogens with zero attached hydrogens (tertiary/aromatic N) is 4. The average Bonchev–Trinajstić information content (AvgIpc) is 3.24. The second-order valence-electron chi connectivity index (χ2n) is 6.88. The SMILES string of the molecule is N#CC[C@H]1CC[C@H](n2c(CNC(N)=O)nc3cnc4[nH]ccc4c32)CC1. The lowest BCUT2D eigenvalue weighted by molar-refractivity contribution is 0.247. The van der Waals surface area contributed by atoms with E-state index in [2.05, 4.69) is 25.9 Å². The summed E-state index contributed by atoms with van der Waals surface area (Å²) in [5.41, 5.74) is 7.94. The third-order valence-electron chi connectivity index (χ3n) is 5.29. The van der Waals surface area contributed by atoms with Crippen LogP contribution >= 0.6 is 0 Å². The Hall–Kier alpha value is -3.08. The van der Waals surface area contributed by atoms with E-state index in [1.807, 2.05) is 12.3 Å². The fraction of sp³-hybridized carbons (Fsp3) is 0.444. The van der Waals surface area contributed by atoms with Gasteiger partial charge in [-0.2, -0.15) is 5.26 Å². The topological polar surface area (TPSA) is 125 Å². The van der Waals surface area contributed by atoms with Gasteiger partial charge in [0, 0.05) is 24.0 Å². The molecule has 0 aliphatic heterocycles. The second kappa shape index (κ2) is 6.67. The fourth-order valence-electron chi connectivity index (χ4n) is 4.06. The summed E-state index contributed by atoms with van der Waals surface area (Å²) in [5, 5.41) is 12.6. The lowest BCUT2D eigenvalue weighted by Gasteiger charge is -2.30. The average molecular weight is 351 g/mol. The molecule has 0 aromatic carbocycles. The lowest BCUT2D eigenvalue weighted by atomic mass is 9.84. The second-order valence-corrected chi connectivity index (χ2v) is 6.88. The van der Waals surface area contributed by atoms with Crippen LogP contribution in [0.4, 0.5) is 4.79 Å². The summed E-state index contributed by atoms with van der Waals surface area (Å²) in [7, 11) is 0. The minimum Gasteiger partial charge on any atom is -0.352 e. The number of amides is 2. The van der Waals surface area contributed by atoms with E-state index < -0.39 is 6.03 Å². The maximum Gasteiger partial charge on any atom is 0.312 e. The first-order valence-corrected chi connectivity index (χ1v) is 8.90. The van der Waals surface area contributed by atoms with Crippen molar-refractivity contribution in [2.24, 2.45) is 11.7 Å². The number of carbonyl (C=O) groups excluding carboxylic acids is 1. The summed E-state index contributed by atoms with van der Waals surface area (Å²) in [6, 6.07) is 4.03. The number of rotatable bonds is 4. The Kier molecular flexibility index (Phi) is 4.21. The molecule has 1 aliphatic carbocycles. The molecule has 3 heterocycles. The van der Waals surface area contributed by atoms with Gasteiger partial charge in [0.25, 0.3) is 0 Å². The minimum absolute atomic E-state index is 0.286. The Labute approximate surface area is 150 Å². The molecule has 4 N–H and O–H groups in total. The number of H-pyrrole nitrogens is 1. The highest BCUT2D eigenvalue weighted by atomic mass is 16.2. The quantitative estimate of drug-likeness (QED) is 0.668. The first-order valence-electron chi connectivity index (χ1n) is 8.90. The van der Waals surface area contributed by atoms with Gasteiger partial charge in [-0.05, 0) is 37.7 Å². The number of carbonyl (C=O) groups is 1. The highest BCUT2D eigenvalue weighted by molar-refractivity contribution is 6.01. The molecule has 0 bridgehead atoms. The Morgan fingerprint density at radius 3 is 2.96 bits per heavy atom. The van der Waals surface area contributed by atoms with Crippen LogP contribution in [-0.4, -0.2) is 25.6 Å². The molecule has 134 valence electrons. The zero-order valence-corrected chi connectivity index (χ0v) is 14.4. The molecule has 0 spiro atoms. The summed E-state index contributed by atoms with van der Waals surface area (Å²) < 4.78 is 2.24. The van der Waals surface area contributed by atoms with Crippen LogP contribution in [0.2, 0.25) is 0 Å². The summed E-state index contributed by atoms with van der Waals surface area (Å²) in [5.74, 6) is 1.27. The van der Waals surface area contributed by atoms with E-state index in [1.165, 1.54) is 0 Å². The van der Waals surface area contributed by atoms with E-state index >= 15 is 0 Å². The number of nitriles is 1. The van der Waals surface area contributed by atoms with Crippen LogP contribution in [0.15, 0.2) is 18.5 Å². The Morgan fingerprint density at radius 1 is 1.42 bits per heavy atom. The number of urea groups is 1. The van der Waals surface area contributed by atoms with Crippen LogP contribution in [0.25, 0.3) is 22.1 Å². The standard InChI is InChI=1S/C18H21N7O/c19-7-5-11-1-3-12(4-2-11)25-15(10-23-18(20)26)24-14-9-22-17-13(16(14)25)6-8-21-17/h6,8-9,11-12H,1-5,10H2,(H,21,22)(H3,20,23,26)/t11-,12-. The number of aromatic amines is 1.